The molecule has 0 atom stereocenters. The molecule has 0 aliphatic rings. The van der Waals surface area contributed by atoms with Gasteiger partial charge in [-0.15, -0.1) is 0 Å². The number of aryl methyl sites for hydroxylation is 2. The van der Waals surface area contributed by atoms with E-state index in [9.17, 15) is 14.4 Å². The molecule has 24 heavy (non-hydrogen) atoms. The third-order valence-electron chi connectivity index (χ3n) is 3.43. The molecule has 0 unspecified atom stereocenters. The SMILES string of the molecule is O=c1[nH]c(=O)n(CCc2ccc(Oc3ccccc3)cc2)[nH]c1=O. The van der Waals surface area contributed by atoms with Crippen LogP contribution in [0.2, 0.25) is 0 Å². The topological polar surface area (TPSA) is 96.9 Å². The first kappa shape index (κ1) is 15.5. The number of aromatic amines is 2. The molecule has 3 aromatic rings. The number of nitrogens with zero attached hydrogens (tertiary/aromatic N) is 1. The molecule has 0 amide bonds. The Morgan fingerprint density at radius 2 is 1.50 bits per heavy atom. The molecule has 1 aromatic heterocycles. The van der Waals surface area contributed by atoms with Gasteiger partial charge in [0.1, 0.15) is 11.5 Å². The van der Waals surface area contributed by atoms with E-state index in [1.807, 2.05) is 59.6 Å². The Morgan fingerprint density at radius 1 is 0.833 bits per heavy atom. The van der Waals surface area contributed by atoms with Crippen LogP contribution >= 0.6 is 0 Å². The average molecular weight is 325 g/mol. The first-order valence-corrected chi connectivity index (χ1v) is 7.37. The van der Waals surface area contributed by atoms with Gasteiger partial charge >= 0.3 is 16.8 Å². The standard InChI is InChI=1S/C17H15N3O4/c21-15-16(22)19-20(17(23)18-15)11-10-12-6-8-14(9-7-12)24-13-4-2-1-3-5-13/h1-9H,10-11H2,(H,19,22)(H,18,21,23). The number of para-hydroxylation sites is 1. The zero-order valence-electron chi connectivity index (χ0n) is 12.7. The van der Waals surface area contributed by atoms with Crippen molar-refractivity contribution in [2.75, 3.05) is 0 Å². The Morgan fingerprint density at radius 3 is 2.21 bits per heavy atom. The van der Waals surface area contributed by atoms with Gasteiger partial charge in [-0.2, -0.15) is 0 Å². The van der Waals surface area contributed by atoms with Gasteiger partial charge in [-0.25, -0.2) is 9.48 Å². The van der Waals surface area contributed by atoms with Crippen molar-refractivity contribution < 1.29 is 4.74 Å². The molecule has 0 fully saturated rings. The number of H-pyrrole nitrogens is 2. The maximum atomic E-state index is 11.6. The maximum Gasteiger partial charge on any atom is 0.343 e. The van der Waals surface area contributed by atoms with Gasteiger partial charge < -0.3 is 4.74 Å². The van der Waals surface area contributed by atoms with Crippen molar-refractivity contribution in [3.63, 3.8) is 0 Å². The van der Waals surface area contributed by atoms with Gasteiger partial charge in [0, 0.05) is 6.54 Å². The van der Waals surface area contributed by atoms with Crippen molar-refractivity contribution >= 4 is 0 Å². The number of aromatic nitrogens is 3. The molecule has 0 saturated carbocycles. The largest absolute Gasteiger partial charge is 0.457 e. The Balaban J connectivity index is 1.67. The maximum absolute atomic E-state index is 11.6. The molecule has 2 aromatic carbocycles. The van der Waals surface area contributed by atoms with E-state index in [0.717, 1.165) is 16.0 Å². The Kier molecular flexibility index (Phi) is 4.42. The summed E-state index contributed by atoms with van der Waals surface area (Å²) < 4.78 is 6.78. The van der Waals surface area contributed by atoms with Crippen LogP contribution in [0.5, 0.6) is 11.5 Å². The molecule has 122 valence electrons. The van der Waals surface area contributed by atoms with Crippen molar-refractivity contribution in [1.29, 1.82) is 0 Å². The van der Waals surface area contributed by atoms with Crippen LogP contribution in [0.25, 0.3) is 0 Å². The summed E-state index contributed by atoms with van der Waals surface area (Å²) >= 11 is 0. The molecule has 7 heteroatoms. The average Bonchev–Trinajstić information content (AvgIpc) is 2.59. The molecule has 0 saturated heterocycles. The highest BCUT2D eigenvalue weighted by Crippen LogP contribution is 2.21. The van der Waals surface area contributed by atoms with Crippen molar-refractivity contribution in [3.8, 4) is 11.5 Å². The number of hydrogen-bond donors (Lipinski definition) is 2. The normalized spacial score (nSPS) is 10.5. The number of rotatable bonds is 5. The van der Waals surface area contributed by atoms with E-state index in [2.05, 4.69) is 5.10 Å². The number of benzene rings is 2. The third kappa shape index (κ3) is 3.70. The fraction of sp³-hybridized carbons (Fsp3) is 0.118. The lowest BCUT2D eigenvalue weighted by molar-refractivity contribution is 0.482. The molecular formula is C17H15N3O4. The van der Waals surface area contributed by atoms with E-state index in [-0.39, 0.29) is 6.54 Å². The first-order chi connectivity index (χ1) is 11.6. The van der Waals surface area contributed by atoms with E-state index < -0.39 is 16.8 Å². The minimum atomic E-state index is -0.946. The Hall–Kier alpha value is -3.35. The van der Waals surface area contributed by atoms with E-state index in [1.165, 1.54) is 0 Å². The molecule has 0 radical (unpaired) electrons. The van der Waals surface area contributed by atoms with Crippen LogP contribution in [0.3, 0.4) is 0 Å². The van der Waals surface area contributed by atoms with Crippen LogP contribution in [-0.4, -0.2) is 14.8 Å². The predicted octanol–water partition coefficient (Wildman–Crippen LogP) is 1.26. The van der Waals surface area contributed by atoms with Crippen LogP contribution in [0, 0.1) is 0 Å². The second-order valence-corrected chi connectivity index (χ2v) is 5.16. The number of nitrogens with one attached hydrogen (secondary N) is 2. The van der Waals surface area contributed by atoms with Crippen molar-refractivity contribution in [1.82, 2.24) is 14.8 Å². The molecule has 0 bridgehead atoms. The van der Waals surface area contributed by atoms with Gasteiger partial charge in [0.15, 0.2) is 0 Å². The molecule has 0 aliphatic carbocycles. The molecule has 0 spiro atoms. The summed E-state index contributed by atoms with van der Waals surface area (Å²) in [6, 6.07) is 16.9. The van der Waals surface area contributed by atoms with Gasteiger partial charge in [-0.05, 0) is 36.2 Å². The van der Waals surface area contributed by atoms with Crippen LogP contribution < -0.4 is 21.5 Å². The lowest BCUT2D eigenvalue weighted by Gasteiger charge is -2.07. The van der Waals surface area contributed by atoms with Crippen LogP contribution in [0.1, 0.15) is 5.56 Å². The Labute approximate surface area is 136 Å². The second kappa shape index (κ2) is 6.82. The zero-order valence-corrected chi connectivity index (χ0v) is 12.7. The summed E-state index contributed by atoms with van der Waals surface area (Å²) in [5, 5.41) is 2.24. The quantitative estimate of drug-likeness (QED) is 0.690. The van der Waals surface area contributed by atoms with Gasteiger partial charge in [-0.1, -0.05) is 30.3 Å². The lowest BCUT2D eigenvalue weighted by Crippen LogP contribution is -2.43. The molecule has 1 heterocycles. The summed E-state index contributed by atoms with van der Waals surface area (Å²) in [4.78, 5) is 35.8. The van der Waals surface area contributed by atoms with Gasteiger partial charge in [0.05, 0.1) is 0 Å². The van der Waals surface area contributed by atoms with E-state index in [0.29, 0.717) is 12.2 Å². The van der Waals surface area contributed by atoms with Crippen molar-refractivity contribution in [3.05, 3.63) is 91.4 Å². The first-order valence-electron chi connectivity index (χ1n) is 7.37. The molecule has 2 N–H and O–H groups in total. The zero-order chi connectivity index (χ0) is 16.9. The van der Waals surface area contributed by atoms with E-state index >= 15 is 0 Å². The monoisotopic (exact) mass is 325 g/mol. The molecule has 7 nitrogen and oxygen atoms in total. The lowest BCUT2D eigenvalue weighted by atomic mass is 10.1. The van der Waals surface area contributed by atoms with E-state index in [4.69, 9.17) is 4.74 Å². The van der Waals surface area contributed by atoms with E-state index in [1.54, 1.807) is 0 Å². The van der Waals surface area contributed by atoms with Crippen molar-refractivity contribution in [2.24, 2.45) is 0 Å². The smallest absolute Gasteiger partial charge is 0.343 e. The third-order valence-corrected chi connectivity index (χ3v) is 3.43. The predicted molar refractivity (Wildman–Crippen MR) is 88.6 cm³/mol. The summed E-state index contributed by atoms with van der Waals surface area (Å²) in [6.45, 7) is 0.254. The summed E-state index contributed by atoms with van der Waals surface area (Å²) in [6.07, 6.45) is 0.521. The van der Waals surface area contributed by atoms with Gasteiger partial charge in [0.2, 0.25) is 0 Å². The highest BCUT2D eigenvalue weighted by molar-refractivity contribution is 5.32. The minimum Gasteiger partial charge on any atom is -0.457 e. The van der Waals surface area contributed by atoms with Gasteiger partial charge in [-0.3, -0.25) is 19.7 Å². The van der Waals surface area contributed by atoms with Crippen LogP contribution in [-0.2, 0) is 13.0 Å². The highest BCUT2D eigenvalue weighted by atomic mass is 16.5. The number of ether oxygens (including phenoxy) is 1. The Bertz CT molecular complexity index is 985. The highest BCUT2D eigenvalue weighted by Gasteiger charge is 2.02. The van der Waals surface area contributed by atoms with Crippen molar-refractivity contribution in [2.45, 2.75) is 13.0 Å². The van der Waals surface area contributed by atoms with Gasteiger partial charge in [0.25, 0.3) is 0 Å². The van der Waals surface area contributed by atoms with Crippen LogP contribution in [0.15, 0.2) is 69.0 Å². The summed E-state index contributed by atoms with van der Waals surface area (Å²) in [5.74, 6) is 1.46. The number of hydrogen-bond acceptors (Lipinski definition) is 4. The molecular weight excluding hydrogens is 310 g/mol. The fourth-order valence-corrected chi connectivity index (χ4v) is 2.19. The minimum absolute atomic E-state index is 0.254. The molecule has 0 aliphatic heterocycles. The fourth-order valence-electron chi connectivity index (χ4n) is 2.19. The summed E-state index contributed by atoms with van der Waals surface area (Å²) in [5.41, 5.74) is -1.46. The summed E-state index contributed by atoms with van der Waals surface area (Å²) in [7, 11) is 0. The van der Waals surface area contributed by atoms with Crippen LogP contribution in [0.4, 0.5) is 0 Å². The second-order valence-electron chi connectivity index (χ2n) is 5.16. The molecule has 3 rings (SSSR count).